The highest BCUT2D eigenvalue weighted by atomic mass is 19.4. The Labute approximate surface area is 189 Å². The number of carbonyl (C=O) groups is 1. The lowest BCUT2D eigenvalue weighted by Gasteiger charge is -2.27. The molecule has 12 heteroatoms. The monoisotopic (exact) mass is 474 g/mol. The number of H-pyrrole nitrogens is 1. The SMILES string of the molecule is O=C(c1cc(Cc2n[nH]c(=O)c3c2=CCCC=3)ccc1F)N1CCn2nc(C(F)(F)F)nc2C1. The van der Waals surface area contributed by atoms with E-state index >= 15 is 0 Å². The van der Waals surface area contributed by atoms with Gasteiger partial charge in [0.05, 0.1) is 24.3 Å². The van der Waals surface area contributed by atoms with Crippen LogP contribution in [-0.2, 0) is 25.7 Å². The molecule has 0 unspecified atom stereocenters. The van der Waals surface area contributed by atoms with Gasteiger partial charge in [0.2, 0.25) is 0 Å². The second kappa shape index (κ2) is 8.19. The summed E-state index contributed by atoms with van der Waals surface area (Å²) in [4.78, 5) is 29.8. The van der Waals surface area contributed by atoms with Gasteiger partial charge in [-0.2, -0.15) is 18.3 Å². The van der Waals surface area contributed by atoms with Gasteiger partial charge in [0.25, 0.3) is 17.3 Å². The lowest BCUT2D eigenvalue weighted by molar-refractivity contribution is -0.145. The molecule has 0 saturated carbocycles. The van der Waals surface area contributed by atoms with Gasteiger partial charge in [0.15, 0.2) is 0 Å². The molecule has 0 saturated heterocycles. The van der Waals surface area contributed by atoms with Crippen molar-refractivity contribution in [1.29, 1.82) is 0 Å². The van der Waals surface area contributed by atoms with Gasteiger partial charge in [-0.25, -0.2) is 19.2 Å². The topological polar surface area (TPSA) is 96.8 Å². The molecule has 0 spiro atoms. The van der Waals surface area contributed by atoms with Crippen molar-refractivity contribution in [3.63, 3.8) is 0 Å². The van der Waals surface area contributed by atoms with Crippen molar-refractivity contribution >= 4 is 18.1 Å². The maximum atomic E-state index is 14.6. The van der Waals surface area contributed by atoms with E-state index in [0.29, 0.717) is 16.5 Å². The summed E-state index contributed by atoms with van der Waals surface area (Å²) in [5.74, 6) is -2.68. The molecular weight excluding hydrogens is 456 g/mol. The quantitative estimate of drug-likeness (QED) is 0.574. The molecule has 1 aromatic carbocycles. The van der Waals surface area contributed by atoms with E-state index in [-0.39, 0.29) is 43.0 Å². The van der Waals surface area contributed by atoms with Crippen LogP contribution in [0.3, 0.4) is 0 Å². The molecule has 3 heterocycles. The second-order valence-electron chi connectivity index (χ2n) is 8.10. The number of carbonyl (C=O) groups excluding carboxylic acids is 1. The van der Waals surface area contributed by atoms with Crippen LogP contribution in [0.15, 0.2) is 23.0 Å². The smallest absolute Gasteiger partial charge is 0.329 e. The fraction of sp³-hybridized carbons (Fsp3) is 0.318. The number of rotatable bonds is 3. The number of benzene rings is 1. The molecule has 0 fully saturated rings. The number of aromatic nitrogens is 5. The molecule has 0 radical (unpaired) electrons. The Morgan fingerprint density at radius 3 is 2.65 bits per heavy atom. The first kappa shape index (κ1) is 22.0. The van der Waals surface area contributed by atoms with E-state index in [1.54, 1.807) is 0 Å². The van der Waals surface area contributed by atoms with Crippen molar-refractivity contribution in [2.75, 3.05) is 6.54 Å². The maximum absolute atomic E-state index is 14.6. The fourth-order valence-electron chi connectivity index (χ4n) is 4.18. The van der Waals surface area contributed by atoms with E-state index in [0.717, 1.165) is 22.7 Å². The van der Waals surface area contributed by atoms with Crippen LogP contribution in [-0.4, -0.2) is 42.3 Å². The largest absolute Gasteiger partial charge is 0.453 e. The first-order valence-corrected chi connectivity index (χ1v) is 10.6. The maximum Gasteiger partial charge on any atom is 0.453 e. The average Bonchev–Trinajstić information content (AvgIpc) is 3.26. The molecule has 5 rings (SSSR count). The van der Waals surface area contributed by atoms with Gasteiger partial charge in [0, 0.05) is 23.4 Å². The average molecular weight is 474 g/mol. The number of aromatic amines is 1. The van der Waals surface area contributed by atoms with Crippen molar-refractivity contribution in [3.05, 3.63) is 73.3 Å². The molecule has 8 nitrogen and oxygen atoms in total. The molecule has 2 aliphatic rings. The van der Waals surface area contributed by atoms with E-state index in [1.807, 2.05) is 12.2 Å². The molecule has 2 aromatic heterocycles. The Balaban J connectivity index is 1.41. The lowest BCUT2D eigenvalue weighted by Crippen LogP contribution is -2.45. The third kappa shape index (κ3) is 3.99. The highest BCUT2D eigenvalue weighted by Crippen LogP contribution is 2.27. The Morgan fingerprint density at radius 2 is 1.88 bits per heavy atom. The molecule has 0 bridgehead atoms. The second-order valence-corrected chi connectivity index (χ2v) is 8.10. The van der Waals surface area contributed by atoms with Crippen LogP contribution in [0.5, 0.6) is 0 Å². The summed E-state index contributed by atoms with van der Waals surface area (Å²) in [5, 5.41) is 11.3. The molecule has 0 atom stereocenters. The Hall–Kier alpha value is -3.83. The van der Waals surface area contributed by atoms with Gasteiger partial charge in [0.1, 0.15) is 11.6 Å². The van der Waals surface area contributed by atoms with Crippen molar-refractivity contribution in [2.45, 2.75) is 38.5 Å². The number of alkyl halides is 3. The number of hydrogen-bond acceptors (Lipinski definition) is 5. The molecule has 1 amide bonds. The van der Waals surface area contributed by atoms with Crippen molar-refractivity contribution in [2.24, 2.45) is 0 Å². The summed E-state index contributed by atoms with van der Waals surface area (Å²) < 4.78 is 54.4. The summed E-state index contributed by atoms with van der Waals surface area (Å²) in [6, 6.07) is 4.11. The summed E-state index contributed by atoms with van der Waals surface area (Å²) in [6.07, 6.45) is 0.869. The number of halogens is 4. The summed E-state index contributed by atoms with van der Waals surface area (Å²) in [6.45, 7) is -0.132. The van der Waals surface area contributed by atoms with E-state index in [9.17, 15) is 27.2 Å². The molecule has 1 aliphatic heterocycles. The minimum absolute atomic E-state index is 0.0145. The summed E-state index contributed by atoms with van der Waals surface area (Å²) in [7, 11) is 0. The number of hydrogen-bond donors (Lipinski definition) is 1. The normalized spacial score (nSPS) is 15.2. The van der Waals surface area contributed by atoms with E-state index in [4.69, 9.17) is 0 Å². The Kier molecular flexibility index (Phi) is 5.29. The van der Waals surface area contributed by atoms with Crippen LogP contribution in [0.25, 0.3) is 12.2 Å². The standard InChI is InChI=1S/C22H18F4N6O2/c23-16-6-5-12(10-17-13-3-1-2-4-14(13)19(33)29-28-17)9-15(16)20(34)31-7-8-32-18(11-31)27-21(30-32)22(24,25)26/h3-6,9H,1-2,7-8,10-11H2,(H,29,33). The van der Waals surface area contributed by atoms with Crippen LogP contribution in [0.1, 0.15) is 46.1 Å². The summed E-state index contributed by atoms with van der Waals surface area (Å²) in [5.41, 5.74) is 0.720. The van der Waals surface area contributed by atoms with Crippen LogP contribution in [0.2, 0.25) is 0 Å². The minimum atomic E-state index is -4.69. The number of fused-ring (bicyclic) bond motifs is 2. The number of nitrogens with one attached hydrogen (secondary N) is 1. The highest BCUT2D eigenvalue weighted by molar-refractivity contribution is 5.94. The van der Waals surface area contributed by atoms with E-state index in [2.05, 4.69) is 20.3 Å². The van der Waals surface area contributed by atoms with Gasteiger partial charge in [-0.15, -0.1) is 5.10 Å². The molecule has 1 aliphatic carbocycles. The molecule has 3 aromatic rings. The van der Waals surface area contributed by atoms with Crippen LogP contribution < -0.4 is 16.0 Å². The van der Waals surface area contributed by atoms with Gasteiger partial charge in [-0.05, 0) is 30.5 Å². The van der Waals surface area contributed by atoms with Crippen molar-refractivity contribution in [1.82, 2.24) is 29.9 Å². The number of nitrogens with zero attached hydrogens (tertiary/aromatic N) is 5. The predicted molar refractivity (Wildman–Crippen MR) is 111 cm³/mol. The fourth-order valence-corrected chi connectivity index (χ4v) is 4.18. The molecular formula is C22H18F4N6O2. The van der Waals surface area contributed by atoms with Gasteiger partial charge in [-0.1, -0.05) is 18.2 Å². The van der Waals surface area contributed by atoms with Crippen LogP contribution in [0, 0.1) is 5.82 Å². The zero-order valence-corrected chi connectivity index (χ0v) is 17.7. The van der Waals surface area contributed by atoms with Gasteiger partial charge >= 0.3 is 6.18 Å². The summed E-state index contributed by atoms with van der Waals surface area (Å²) >= 11 is 0. The lowest BCUT2D eigenvalue weighted by atomic mass is 10.0. The van der Waals surface area contributed by atoms with Gasteiger partial charge < -0.3 is 4.90 Å². The zero-order valence-electron chi connectivity index (χ0n) is 17.7. The minimum Gasteiger partial charge on any atom is -0.329 e. The number of amides is 1. The zero-order chi connectivity index (χ0) is 24.0. The van der Waals surface area contributed by atoms with Crippen LogP contribution in [0.4, 0.5) is 17.6 Å². The first-order valence-electron chi connectivity index (χ1n) is 10.6. The van der Waals surface area contributed by atoms with Gasteiger partial charge in [-0.3, -0.25) is 9.59 Å². The molecule has 34 heavy (non-hydrogen) atoms. The predicted octanol–water partition coefficient (Wildman–Crippen LogP) is 1.12. The molecule has 176 valence electrons. The Bertz CT molecular complexity index is 1470. The van der Waals surface area contributed by atoms with Crippen molar-refractivity contribution in [3.8, 4) is 0 Å². The third-order valence-corrected chi connectivity index (χ3v) is 5.84. The van der Waals surface area contributed by atoms with E-state index in [1.165, 1.54) is 23.1 Å². The first-order chi connectivity index (χ1) is 16.2. The third-order valence-electron chi connectivity index (χ3n) is 5.84. The highest BCUT2D eigenvalue weighted by Gasteiger charge is 2.38. The van der Waals surface area contributed by atoms with E-state index < -0.39 is 23.7 Å². The van der Waals surface area contributed by atoms with Crippen molar-refractivity contribution < 1.29 is 22.4 Å². The molecule has 1 N–H and O–H groups in total. The Morgan fingerprint density at radius 1 is 1.12 bits per heavy atom. The van der Waals surface area contributed by atoms with Crippen LogP contribution >= 0.6 is 0 Å².